The maximum absolute atomic E-state index is 13.4. The normalized spacial score (nSPS) is 16.8. The van der Waals surface area contributed by atoms with Gasteiger partial charge in [-0.1, -0.05) is 18.2 Å². The number of aromatic nitrogens is 2. The summed E-state index contributed by atoms with van der Waals surface area (Å²) >= 11 is 0. The lowest BCUT2D eigenvalue weighted by atomic mass is 10.0. The van der Waals surface area contributed by atoms with Crippen LogP contribution in [0.25, 0.3) is 11.1 Å². The van der Waals surface area contributed by atoms with Crippen molar-refractivity contribution in [3.05, 3.63) is 72.2 Å². The Morgan fingerprint density at radius 3 is 2.57 bits per heavy atom. The van der Waals surface area contributed by atoms with E-state index in [4.69, 9.17) is 13.0 Å². The predicted octanol–water partition coefficient (Wildman–Crippen LogP) is 4.08. The molecule has 4 rings (SSSR count). The fourth-order valence-electron chi connectivity index (χ4n) is 2.77. The van der Waals surface area contributed by atoms with E-state index in [0.717, 1.165) is 12.1 Å². The first-order valence-corrected chi connectivity index (χ1v) is 8.60. The molecule has 0 saturated carbocycles. The molecule has 0 spiro atoms. The van der Waals surface area contributed by atoms with Gasteiger partial charge in [-0.25, -0.2) is 9.97 Å². The number of amides is 1. The van der Waals surface area contributed by atoms with Gasteiger partial charge in [-0.2, -0.15) is 0 Å². The Labute approximate surface area is 178 Å². The highest BCUT2D eigenvalue weighted by Gasteiger charge is 2.31. The molecule has 0 unspecified atom stereocenters. The van der Waals surface area contributed by atoms with Crippen molar-refractivity contribution in [2.24, 2.45) is 0 Å². The third kappa shape index (κ3) is 4.51. The quantitative estimate of drug-likeness (QED) is 0.635. The predicted molar refractivity (Wildman–Crippen MR) is 101 cm³/mol. The van der Waals surface area contributed by atoms with E-state index in [-0.39, 0.29) is 48.0 Å². The minimum absolute atomic E-state index is 0.0226. The number of alkyl halides is 3. The van der Waals surface area contributed by atoms with Crippen molar-refractivity contribution in [2.45, 2.75) is 12.9 Å². The second-order valence-corrected chi connectivity index (χ2v) is 6.09. The number of carbonyl (C=O) groups excluding carboxylic acids is 1. The molecule has 9 heteroatoms. The van der Waals surface area contributed by atoms with Crippen molar-refractivity contribution < 1.29 is 35.7 Å². The third-order valence-electron chi connectivity index (χ3n) is 4.08. The van der Waals surface area contributed by atoms with Crippen LogP contribution >= 0.6 is 0 Å². The first-order valence-electron chi connectivity index (χ1n) is 11.6. The number of halogens is 3. The summed E-state index contributed by atoms with van der Waals surface area (Å²) in [5, 5.41) is 0. The zero-order valence-electron chi connectivity index (χ0n) is 21.1. The molecule has 2 heterocycles. The number of carbonyl (C=O) groups is 1. The highest BCUT2D eigenvalue weighted by Crippen LogP contribution is 2.31. The molecule has 30 heavy (non-hydrogen) atoms. The van der Waals surface area contributed by atoms with E-state index in [1.807, 2.05) is 0 Å². The number of nitrogens with zero attached hydrogens (tertiary/aromatic N) is 3. The summed E-state index contributed by atoms with van der Waals surface area (Å²) in [6.07, 6.45) is -5.88. The Morgan fingerprint density at radius 1 is 1.13 bits per heavy atom. The van der Waals surface area contributed by atoms with Crippen LogP contribution in [0.4, 0.5) is 13.2 Å². The molecule has 1 aliphatic heterocycles. The fraction of sp³-hybridized carbons (Fsp3) is 0.190. The second-order valence-electron chi connectivity index (χ2n) is 6.09. The summed E-state index contributed by atoms with van der Waals surface area (Å²) < 4.78 is 95.0. The van der Waals surface area contributed by atoms with E-state index in [9.17, 15) is 18.0 Å². The SMILES string of the molecule is [2H]c1nc(CN2CCOc3c([2H])c([2H])c(-c4ccc(OC(F)(F)F)cc4)c([2H])c3C2=O)nc([2H])c1[2H]. The van der Waals surface area contributed by atoms with Gasteiger partial charge in [0.15, 0.2) is 0 Å². The van der Waals surface area contributed by atoms with Crippen LogP contribution < -0.4 is 9.47 Å². The lowest BCUT2D eigenvalue weighted by molar-refractivity contribution is -0.274. The summed E-state index contributed by atoms with van der Waals surface area (Å²) in [6, 6.07) is 2.49. The van der Waals surface area contributed by atoms with E-state index in [2.05, 4.69) is 14.7 Å². The topological polar surface area (TPSA) is 64.6 Å². The van der Waals surface area contributed by atoms with Gasteiger partial charge in [-0.05, 0) is 41.4 Å². The molecule has 0 saturated heterocycles. The van der Waals surface area contributed by atoms with Crippen LogP contribution in [0.5, 0.6) is 11.5 Å². The first-order chi connectivity index (χ1) is 16.9. The Bertz CT molecular complexity index is 1330. The molecule has 1 aromatic heterocycles. The molecule has 0 fully saturated rings. The monoisotopic (exact) mass is 421 g/mol. The van der Waals surface area contributed by atoms with Crippen molar-refractivity contribution in [1.29, 1.82) is 0 Å². The van der Waals surface area contributed by atoms with Crippen LogP contribution in [0.1, 0.15) is 24.4 Å². The smallest absolute Gasteiger partial charge is 0.491 e. The standard InChI is InChI=1S/C21H16F3N3O3/c22-21(23,24)30-16-5-2-14(3-6-16)15-4-7-18-17(12-15)20(28)27(10-11-29-18)13-19-25-8-1-9-26-19/h1-9,12H,10-11,13H2/i1D,4D,7D,8D,9D,12D. The number of hydrogen-bond donors (Lipinski definition) is 0. The van der Waals surface area contributed by atoms with Gasteiger partial charge in [0.1, 0.15) is 23.9 Å². The molecule has 2 aromatic carbocycles. The van der Waals surface area contributed by atoms with Crippen LogP contribution in [0.3, 0.4) is 0 Å². The van der Waals surface area contributed by atoms with E-state index < -0.39 is 54.5 Å². The largest absolute Gasteiger partial charge is 0.573 e. The van der Waals surface area contributed by atoms with Crippen molar-refractivity contribution in [2.75, 3.05) is 13.2 Å². The van der Waals surface area contributed by atoms with Crippen molar-refractivity contribution in [1.82, 2.24) is 14.9 Å². The zero-order valence-corrected chi connectivity index (χ0v) is 15.1. The number of rotatable bonds is 4. The van der Waals surface area contributed by atoms with Crippen LogP contribution in [0.15, 0.2) is 60.8 Å². The van der Waals surface area contributed by atoms with Crippen LogP contribution in [0, 0.1) is 0 Å². The second kappa shape index (κ2) is 8.02. The summed E-state index contributed by atoms with van der Waals surface area (Å²) in [5.74, 6) is -1.62. The van der Waals surface area contributed by atoms with Gasteiger partial charge in [-0.3, -0.25) is 4.79 Å². The van der Waals surface area contributed by atoms with Crippen LogP contribution in [-0.2, 0) is 6.54 Å². The lowest BCUT2D eigenvalue weighted by Gasteiger charge is -2.19. The fourth-order valence-corrected chi connectivity index (χ4v) is 2.77. The number of fused-ring (bicyclic) bond motifs is 1. The number of benzene rings is 2. The molecule has 0 aliphatic carbocycles. The highest BCUT2D eigenvalue weighted by molar-refractivity contribution is 5.98. The molecule has 0 N–H and O–H groups in total. The number of ether oxygens (including phenoxy) is 2. The molecular formula is C21H16F3N3O3. The Kier molecular flexibility index (Phi) is 3.63. The van der Waals surface area contributed by atoms with Gasteiger partial charge in [0.2, 0.25) is 0 Å². The molecule has 1 amide bonds. The van der Waals surface area contributed by atoms with Gasteiger partial charge >= 0.3 is 6.36 Å². The van der Waals surface area contributed by atoms with Crippen LogP contribution in [-0.4, -0.2) is 40.3 Å². The van der Waals surface area contributed by atoms with Gasteiger partial charge < -0.3 is 14.4 Å². The zero-order chi connectivity index (χ0) is 26.4. The van der Waals surface area contributed by atoms with E-state index in [0.29, 0.717) is 0 Å². The Hall–Kier alpha value is -3.62. The summed E-state index contributed by atoms with van der Waals surface area (Å²) in [6.45, 7) is -0.386. The average molecular weight is 421 g/mol. The third-order valence-corrected chi connectivity index (χ3v) is 4.08. The molecule has 3 aromatic rings. The number of hydrogen-bond acceptors (Lipinski definition) is 5. The van der Waals surface area contributed by atoms with Crippen molar-refractivity contribution in [3.63, 3.8) is 0 Å². The summed E-state index contributed by atoms with van der Waals surface area (Å²) in [7, 11) is 0. The summed E-state index contributed by atoms with van der Waals surface area (Å²) in [5.41, 5.74) is -0.368. The summed E-state index contributed by atoms with van der Waals surface area (Å²) in [4.78, 5) is 22.2. The molecule has 6 nitrogen and oxygen atoms in total. The average Bonchev–Trinajstić information content (AvgIpc) is 2.95. The van der Waals surface area contributed by atoms with Gasteiger partial charge in [-0.15, -0.1) is 13.2 Å². The Morgan fingerprint density at radius 2 is 1.87 bits per heavy atom. The molecule has 0 bridgehead atoms. The molecular weight excluding hydrogens is 399 g/mol. The minimum atomic E-state index is -4.90. The first kappa shape index (κ1) is 13.6. The Balaban J connectivity index is 1.75. The van der Waals surface area contributed by atoms with Crippen molar-refractivity contribution in [3.8, 4) is 22.6 Å². The van der Waals surface area contributed by atoms with Gasteiger partial charge in [0.25, 0.3) is 5.91 Å². The maximum atomic E-state index is 13.4. The van der Waals surface area contributed by atoms with Crippen LogP contribution in [0.2, 0.25) is 0 Å². The van der Waals surface area contributed by atoms with Gasteiger partial charge in [0.05, 0.1) is 26.9 Å². The van der Waals surface area contributed by atoms with Gasteiger partial charge in [0, 0.05) is 12.3 Å². The van der Waals surface area contributed by atoms with E-state index in [1.54, 1.807) is 0 Å². The van der Waals surface area contributed by atoms with Crippen molar-refractivity contribution >= 4 is 5.91 Å². The van der Waals surface area contributed by atoms with E-state index >= 15 is 0 Å². The maximum Gasteiger partial charge on any atom is 0.573 e. The van der Waals surface area contributed by atoms with E-state index in [1.165, 1.54) is 17.0 Å². The minimum Gasteiger partial charge on any atom is -0.491 e. The molecule has 154 valence electrons. The molecule has 1 aliphatic rings. The molecule has 0 atom stereocenters. The lowest BCUT2D eigenvalue weighted by Crippen LogP contribution is -2.32. The highest BCUT2D eigenvalue weighted by atomic mass is 19.4. The molecule has 0 radical (unpaired) electrons.